The van der Waals surface area contributed by atoms with Gasteiger partial charge in [-0.1, -0.05) is 31.0 Å². The summed E-state index contributed by atoms with van der Waals surface area (Å²) in [5.74, 6) is 2.07. The van der Waals surface area contributed by atoms with Gasteiger partial charge in [-0.2, -0.15) is 0 Å². The van der Waals surface area contributed by atoms with Gasteiger partial charge in [0.2, 0.25) is 5.91 Å². The van der Waals surface area contributed by atoms with Crippen LogP contribution in [0.5, 0.6) is 11.5 Å². The van der Waals surface area contributed by atoms with Gasteiger partial charge in [0.15, 0.2) is 0 Å². The molecule has 1 aromatic heterocycles. The topological polar surface area (TPSA) is 87.7 Å². The third-order valence-corrected chi connectivity index (χ3v) is 8.76. The molecular weight excluding hydrogens is 514 g/mol. The highest BCUT2D eigenvalue weighted by molar-refractivity contribution is 5.95. The molecule has 41 heavy (non-hydrogen) atoms. The highest BCUT2D eigenvalue weighted by Gasteiger charge is 2.28. The lowest BCUT2D eigenvalue weighted by molar-refractivity contribution is -0.128. The smallest absolute Gasteiger partial charge is 0.251 e. The molecule has 8 heteroatoms. The van der Waals surface area contributed by atoms with E-state index in [-0.39, 0.29) is 17.9 Å². The minimum absolute atomic E-state index is 0.0762. The second-order valence-corrected chi connectivity index (χ2v) is 11.6. The Balaban J connectivity index is 1.16. The van der Waals surface area contributed by atoms with E-state index in [1.54, 1.807) is 0 Å². The molecule has 1 aliphatic carbocycles. The molecule has 0 unspecified atom stereocenters. The molecule has 0 spiro atoms. The number of hydrogen-bond donors (Lipinski definition) is 1. The van der Waals surface area contributed by atoms with E-state index in [2.05, 4.69) is 20.2 Å². The Labute approximate surface area is 242 Å². The standard InChI is InChI=1S/C33H39N5O3/c1-23-34-20-27(21-35-23)24-10-12-30(13-11-24)41-31-19-25(8-9-26(31)22-38-16-4-7-32(38)39)33(40)36-28-14-17-37(18-15-28)29-5-2-3-6-29/h8-13,19-21,28-29H,2-7,14-18,22H2,1H3,(H,36,40). The Morgan fingerprint density at radius 1 is 0.927 bits per heavy atom. The van der Waals surface area contributed by atoms with Crippen molar-refractivity contribution in [1.82, 2.24) is 25.1 Å². The number of carbonyl (C=O) groups excluding carboxylic acids is 2. The van der Waals surface area contributed by atoms with Crippen LogP contribution in [0.15, 0.2) is 54.9 Å². The zero-order valence-corrected chi connectivity index (χ0v) is 23.8. The van der Waals surface area contributed by atoms with Gasteiger partial charge in [0.05, 0.1) is 0 Å². The van der Waals surface area contributed by atoms with E-state index in [0.717, 1.165) is 67.5 Å². The van der Waals surface area contributed by atoms with E-state index < -0.39 is 0 Å². The van der Waals surface area contributed by atoms with E-state index in [4.69, 9.17) is 4.74 Å². The first-order valence-corrected chi connectivity index (χ1v) is 15.0. The van der Waals surface area contributed by atoms with Gasteiger partial charge in [-0.3, -0.25) is 9.59 Å². The molecule has 1 N–H and O–H groups in total. The maximum absolute atomic E-state index is 13.3. The Bertz CT molecular complexity index is 1360. The molecule has 6 rings (SSSR count). The van der Waals surface area contributed by atoms with Gasteiger partial charge in [0, 0.05) is 73.8 Å². The molecule has 2 aliphatic heterocycles. The highest BCUT2D eigenvalue weighted by Crippen LogP contribution is 2.31. The van der Waals surface area contributed by atoms with Crippen molar-refractivity contribution in [2.75, 3.05) is 19.6 Å². The largest absolute Gasteiger partial charge is 0.457 e. The first-order valence-electron chi connectivity index (χ1n) is 15.0. The number of nitrogens with one attached hydrogen (secondary N) is 1. The van der Waals surface area contributed by atoms with Crippen molar-refractivity contribution >= 4 is 11.8 Å². The zero-order chi connectivity index (χ0) is 28.2. The Morgan fingerprint density at radius 3 is 2.34 bits per heavy atom. The fourth-order valence-electron chi connectivity index (χ4n) is 6.33. The van der Waals surface area contributed by atoms with Gasteiger partial charge in [-0.15, -0.1) is 0 Å². The van der Waals surface area contributed by atoms with Crippen LogP contribution in [0, 0.1) is 6.92 Å². The van der Waals surface area contributed by atoms with Crippen LogP contribution < -0.4 is 10.1 Å². The molecule has 214 valence electrons. The molecule has 3 aliphatic rings. The molecule has 2 amide bonds. The quantitative estimate of drug-likeness (QED) is 0.396. The van der Waals surface area contributed by atoms with E-state index in [1.165, 1.54) is 25.7 Å². The second-order valence-electron chi connectivity index (χ2n) is 11.6. The Hall–Kier alpha value is -3.78. The first-order chi connectivity index (χ1) is 20.0. The molecule has 3 aromatic rings. The Kier molecular flexibility index (Phi) is 8.28. The summed E-state index contributed by atoms with van der Waals surface area (Å²) in [5.41, 5.74) is 3.39. The van der Waals surface area contributed by atoms with Crippen LogP contribution in [0.25, 0.3) is 11.1 Å². The van der Waals surface area contributed by atoms with E-state index in [1.807, 2.05) is 66.7 Å². The summed E-state index contributed by atoms with van der Waals surface area (Å²) in [6.45, 7) is 5.18. The number of nitrogens with zero attached hydrogens (tertiary/aromatic N) is 4. The Morgan fingerprint density at radius 2 is 1.66 bits per heavy atom. The fourth-order valence-corrected chi connectivity index (χ4v) is 6.33. The lowest BCUT2D eigenvalue weighted by Crippen LogP contribution is -2.47. The summed E-state index contributed by atoms with van der Waals surface area (Å²) in [5, 5.41) is 3.27. The van der Waals surface area contributed by atoms with Crippen LogP contribution in [-0.4, -0.2) is 63.3 Å². The minimum Gasteiger partial charge on any atom is -0.457 e. The zero-order valence-electron chi connectivity index (χ0n) is 23.8. The average Bonchev–Trinajstić information content (AvgIpc) is 3.68. The molecule has 2 saturated heterocycles. The number of aryl methyl sites for hydroxylation is 1. The van der Waals surface area contributed by atoms with Crippen molar-refractivity contribution < 1.29 is 14.3 Å². The number of likely N-dealkylation sites (tertiary alicyclic amines) is 2. The maximum atomic E-state index is 13.3. The van der Waals surface area contributed by atoms with Gasteiger partial charge in [0.1, 0.15) is 17.3 Å². The molecule has 3 fully saturated rings. The van der Waals surface area contributed by atoms with Crippen molar-refractivity contribution in [3.8, 4) is 22.6 Å². The predicted octanol–water partition coefficient (Wildman–Crippen LogP) is 5.50. The van der Waals surface area contributed by atoms with Gasteiger partial charge in [-0.05, 0) is 68.9 Å². The second kappa shape index (κ2) is 12.4. The lowest BCUT2D eigenvalue weighted by Gasteiger charge is -2.36. The number of piperidine rings is 1. The summed E-state index contributed by atoms with van der Waals surface area (Å²) in [4.78, 5) is 38.7. The SMILES string of the molecule is Cc1ncc(-c2ccc(Oc3cc(C(=O)NC4CCN(C5CCCC5)CC4)ccc3CN3CCCC3=O)cc2)cn1. The fraction of sp³-hybridized carbons (Fsp3) is 0.455. The predicted molar refractivity (Wildman–Crippen MR) is 158 cm³/mol. The molecule has 0 bridgehead atoms. The van der Waals surface area contributed by atoms with Gasteiger partial charge >= 0.3 is 0 Å². The monoisotopic (exact) mass is 553 g/mol. The molecule has 3 heterocycles. The van der Waals surface area contributed by atoms with Crippen LogP contribution in [0.2, 0.25) is 0 Å². The molecule has 2 aromatic carbocycles. The summed E-state index contributed by atoms with van der Waals surface area (Å²) in [6.07, 6.45) is 12.4. The van der Waals surface area contributed by atoms with E-state index >= 15 is 0 Å². The number of benzene rings is 2. The van der Waals surface area contributed by atoms with Gasteiger partial charge in [-0.25, -0.2) is 9.97 Å². The normalized spacial score (nSPS) is 18.7. The van der Waals surface area contributed by atoms with Crippen LogP contribution in [0.3, 0.4) is 0 Å². The van der Waals surface area contributed by atoms with Crippen molar-refractivity contribution in [3.63, 3.8) is 0 Å². The molecule has 0 radical (unpaired) electrons. The number of ether oxygens (including phenoxy) is 1. The number of aromatic nitrogens is 2. The lowest BCUT2D eigenvalue weighted by atomic mass is 10.0. The van der Waals surface area contributed by atoms with Crippen molar-refractivity contribution in [2.45, 2.75) is 76.9 Å². The van der Waals surface area contributed by atoms with E-state index in [0.29, 0.717) is 30.0 Å². The van der Waals surface area contributed by atoms with Gasteiger partial charge in [0.25, 0.3) is 5.91 Å². The molecule has 1 saturated carbocycles. The van der Waals surface area contributed by atoms with Crippen LogP contribution >= 0.6 is 0 Å². The van der Waals surface area contributed by atoms with Crippen LogP contribution in [0.4, 0.5) is 0 Å². The van der Waals surface area contributed by atoms with Crippen molar-refractivity contribution in [1.29, 1.82) is 0 Å². The number of amides is 2. The third-order valence-electron chi connectivity index (χ3n) is 8.76. The minimum atomic E-state index is -0.0762. The van der Waals surface area contributed by atoms with Gasteiger partial charge < -0.3 is 19.9 Å². The maximum Gasteiger partial charge on any atom is 0.251 e. The number of carbonyl (C=O) groups is 2. The number of rotatable bonds is 8. The molecular formula is C33H39N5O3. The summed E-state index contributed by atoms with van der Waals surface area (Å²) in [7, 11) is 0. The van der Waals surface area contributed by atoms with Crippen LogP contribution in [-0.2, 0) is 11.3 Å². The summed E-state index contributed by atoms with van der Waals surface area (Å²) in [6, 6.07) is 14.3. The number of hydrogen-bond acceptors (Lipinski definition) is 6. The van der Waals surface area contributed by atoms with Crippen LogP contribution in [0.1, 0.15) is 73.1 Å². The van der Waals surface area contributed by atoms with Crippen molar-refractivity contribution in [3.05, 3.63) is 71.8 Å². The molecule has 8 nitrogen and oxygen atoms in total. The van der Waals surface area contributed by atoms with Crippen molar-refractivity contribution in [2.24, 2.45) is 0 Å². The highest BCUT2D eigenvalue weighted by atomic mass is 16.5. The third kappa shape index (κ3) is 6.59. The summed E-state index contributed by atoms with van der Waals surface area (Å²) < 4.78 is 6.36. The average molecular weight is 554 g/mol. The first kappa shape index (κ1) is 27.4. The molecule has 0 atom stereocenters. The van der Waals surface area contributed by atoms with E-state index in [9.17, 15) is 9.59 Å². The summed E-state index contributed by atoms with van der Waals surface area (Å²) >= 11 is 0.